The van der Waals surface area contributed by atoms with Crippen molar-refractivity contribution in [2.24, 2.45) is 0 Å². The van der Waals surface area contributed by atoms with Crippen LogP contribution in [0.5, 0.6) is 0 Å². The lowest BCUT2D eigenvalue weighted by Gasteiger charge is -2.36. The normalized spacial score (nSPS) is 19.7. The minimum absolute atomic E-state index is 0.324. The van der Waals surface area contributed by atoms with E-state index < -0.39 is 0 Å². The second kappa shape index (κ2) is 8.27. The molecular formula is C25H25N3O2. The Morgan fingerprint density at radius 1 is 0.900 bits per heavy atom. The maximum Gasteiger partial charge on any atom is 0.344 e. The van der Waals surface area contributed by atoms with Gasteiger partial charge in [0.1, 0.15) is 17.5 Å². The van der Waals surface area contributed by atoms with Gasteiger partial charge in [-0.2, -0.15) is 0 Å². The van der Waals surface area contributed by atoms with Gasteiger partial charge in [-0.1, -0.05) is 79.9 Å². The Balaban J connectivity index is 1.59. The van der Waals surface area contributed by atoms with Gasteiger partial charge in [0.2, 0.25) is 0 Å². The summed E-state index contributed by atoms with van der Waals surface area (Å²) in [6.45, 7) is 0.610. The van der Waals surface area contributed by atoms with Crippen LogP contribution in [0, 0.1) is 0 Å². The molecule has 30 heavy (non-hydrogen) atoms. The van der Waals surface area contributed by atoms with Crippen LogP contribution in [-0.4, -0.2) is 28.5 Å². The van der Waals surface area contributed by atoms with Crippen molar-refractivity contribution in [1.29, 1.82) is 0 Å². The van der Waals surface area contributed by atoms with Crippen LogP contribution in [0.4, 0.5) is 5.82 Å². The number of carbonyl (C=O) groups is 1. The highest BCUT2D eigenvalue weighted by Gasteiger charge is 2.35. The maximum atomic E-state index is 13.0. The van der Waals surface area contributed by atoms with E-state index in [1.54, 1.807) is 6.20 Å². The van der Waals surface area contributed by atoms with E-state index >= 15 is 0 Å². The van der Waals surface area contributed by atoms with E-state index in [0.717, 1.165) is 24.0 Å². The molecule has 0 radical (unpaired) electrons. The molecule has 1 saturated carbocycles. The first kappa shape index (κ1) is 18.8. The van der Waals surface area contributed by atoms with Crippen molar-refractivity contribution in [2.45, 2.75) is 44.2 Å². The minimum Gasteiger partial charge on any atom is -0.452 e. The fourth-order valence-electron chi connectivity index (χ4n) is 4.51. The molecule has 1 fully saturated rings. The number of fused-ring (bicyclic) bond motifs is 1. The van der Waals surface area contributed by atoms with Crippen molar-refractivity contribution in [3.8, 4) is 11.4 Å². The SMILES string of the molecule is O=C1OC(c2ccccc2)CN(C2CCCCC2)c2nc(-c3ccccc3)ncc21. The summed E-state index contributed by atoms with van der Waals surface area (Å²) in [6.07, 6.45) is 7.22. The van der Waals surface area contributed by atoms with E-state index in [1.807, 2.05) is 60.7 Å². The number of hydrogen-bond acceptors (Lipinski definition) is 5. The van der Waals surface area contributed by atoms with Gasteiger partial charge in [0.15, 0.2) is 5.82 Å². The van der Waals surface area contributed by atoms with Crippen LogP contribution < -0.4 is 4.90 Å². The predicted molar refractivity (Wildman–Crippen MR) is 116 cm³/mol. The zero-order valence-electron chi connectivity index (χ0n) is 16.9. The highest BCUT2D eigenvalue weighted by Crippen LogP contribution is 2.35. The summed E-state index contributed by atoms with van der Waals surface area (Å²) in [7, 11) is 0. The number of ether oxygens (including phenoxy) is 1. The number of rotatable bonds is 3. The first-order valence-corrected chi connectivity index (χ1v) is 10.7. The number of hydrogen-bond donors (Lipinski definition) is 0. The van der Waals surface area contributed by atoms with Gasteiger partial charge in [0.25, 0.3) is 0 Å². The monoisotopic (exact) mass is 399 g/mol. The predicted octanol–water partition coefficient (Wildman–Crippen LogP) is 5.19. The molecule has 0 bridgehead atoms. The van der Waals surface area contributed by atoms with Gasteiger partial charge in [-0.25, -0.2) is 14.8 Å². The summed E-state index contributed by atoms with van der Waals surface area (Å²) >= 11 is 0. The van der Waals surface area contributed by atoms with E-state index in [-0.39, 0.29) is 12.1 Å². The molecule has 2 aliphatic rings. The number of carbonyl (C=O) groups excluding carboxylic acids is 1. The lowest BCUT2D eigenvalue weighted by molar-refractivity contribution is 0.0325. The number of nitrogens with zero attached hydrogens (tertiary/aromatic N) is 3. The average Bonchev–Trinajstić information content (AvgIpc) is 2.97. The van der Waals surface area contributed by atoms with Crippen molar-refractivity contribution in [1.82, 2.24) is 9.97 Å². The van der Waals surface area contributed by atoms with Crippen molar-refractivity contribution in [2.75, 3.05) is 11.4 Å². The summed E-state index contributed by atoms with van der Waals surface area (Å²) < 4.78 is 5.93. The third-order valence-corrected chi connectivity index (χ3v) is 6.09. The first-order chi connectivity index (χ1) is 14.8. The van der Waals surface area contributed by atoms with Crippen LogP contribution in [0.25, 0.3) is 11.4 Å². The Hall–Kier alpha value is -3.21. The number of benzene rings is 2. The maximum absolute atomic E-state index is 13.0. The third kappa shape index (κ3) is 3.67. The van der Waals surface area contributed by atoms with Crippen LogP contribution in [0.1, 0.15) is 54.1 Å². The number of anilines is 1. The fourth-order valence-corrected chi connectivity index (χ4v) is 4.51. The Kier molecular flexibility index (Phi) is 5.18. The lowest BCUT2D eigenvalue weighted by atomic mass is 9.93. The molecule has 1 aliphatic heterocycles. The van der Waals surface area contributed by atoms with Gasteiger partial charge in [-0.05, 0) is 18.4 Å². The molecule has 5 nitrogen and oxygen atoms in total. The van der Waals surface area contributed by atoms with Crippen molar-refractivity contribution in [3.63, 3.8) is 0 Å². The highest BCUT2D eigenvalue weighted by atomic mass is 16.5. The summed E-state index contributed by atoms with van der Waals surface area (Å²) in [5.41, 5.74) is 2.41. The first-order valence-electron chi connectivity index (χ1n) is 10.7. The van der Waals surface area contributed by atoms with Gasteiger partial charge in [0, 0.05) is 17.8 Å². The van der Waals surface area contributed by atoms with Crippen molar-refractivity contribution in [3.05, 3.63) is 78.0 Å². The van der Waals surface area contributed by atoms with Gasteiger partial charge in [-0.3, -0.25) is 0 Å². The topological polar surface area (TPSA) is 55.3 Å². The van der Waals surface area contributed by atoms with Gasteiger partial charge in [0.05, 0.1) is 6.54 Å². The van der Waals surface area contributed by atoms with E-state index in [1.165, 1.54) is 19.3 Å². The molecule has 2 aromatic carbocycles. The van der Waals surface area contributed by atoms with Gasteiger partial charge < -0.3 is 9.64 Å². The quantitative estimate of drug-likeness (QED) is 0.567. The van der Waals surface area contributed by atoms with Gasteiger partial charge in [-0.15, -0.1) is 0 Å². The molecule has 1 atom stereocenters. The Labute approximate surface area is 176 Å². The van der Waals surface area contributed by atoms with Crippen LogP contribution in [0.15, 0.2) is 66.9 Å². The van der Waals surface area contributed by atoms with Gasteiger partial charge >= 0.3 is 5.97 Å². The lowest BCUT2D eigenvalue weighted by Crippen LogP contribution is -2.40. The molecule has 1 aliphatic carbocycles. The Morgan fingerprint density at radius 3 is 2.33 bits per heavy atom. The van der Waals surface area contributed by atoms with Crippen molar-refractivity contribution < 1.29 is 9.53 Å². The molecule has 5 rings (SSSR count). The third-order valence-electron chi connectivity index (χ3n) is 6.09. The van der Waals surface area contributed by atoms with Crippen LogP contribution in [0.3, 0.4) is 0 Å². The van der Waals surface area contributed by atoms with Crippen molar-refractivity contribution >= 4 is 11.8 Å². The Morgan fingerprint density at radius 2 is 1.60 bits per heavy atom. The zero-order chi connectivity index (χ0) is 20.3. The average molecular weight is 399 g/mol. The summed E-state index contributed by atoms with van der Waals surface area (Å²) in [6, 6.07) is 20.3. The van der Waals surface area contributed by atoms with E-state index in [4.69, 9.17) is 9.72 Å². The molecule has 1 aromatic heterocycles. The van der Waals surface area contributed by atoms with Crippen LogP contribution in [0.2, 0.25) is 0 Å². The van der Waals surface area contributed by atoms with E-state index in [9.17, 15) is 4.79 Å². The van der Waals surface area contributed by atoms with E-state index in [2.05, 4.69) is 9.88 Å². The molecule has 3 aromatic rings. The number of esters is 1. The molecule has 5 heteroatoms. The van der Waals surface area contributed by atoms with Crippen LogP contribution in [-0.2, 0) is 4.74 Å². The second-order valence-electron chi connectivity index (χ2n) is 8.05. The largest absolute Gasteiger partial charge is 0.452 e. The summed E-state index contributed by atoms with van der Waals surface area (Å²) in [5.74, 6) is 0.997. The van der Waals surface area contributed by atoms with Crippen LogP contribution >= 0.6 is 0 Å². The molecule has 152 valence electrons. The molecule has 2 heterocycles. The minimum atomic E-state index is -0.350. The number of cyclic esters (lactones) is 1. The fraction of sp³-hybridized carbons (Fsp3) is 0.320. The highest BCUT2D eigenvalue weighted by molar-refractivity contribution is 5.95. The Bertz CT molecular complexity index is 1020. The zero-order valence-corrected chi connectivity index (χ0v) is 16.9. The molecule has 1 unspecified atom stereocenters. The summed E-state index contributed by atoms with van der Waals surface area (Å²) in [5, 5.41) is 0. The standard InChI is InChI=1S/C25H25N3O2/c29-25-21-16-26-23(19-12-6-2-7-13-19)27-24(21)28(20-14-8-3-9-15-20)17-22(30-25)18-10-4-1-5-11-18/h1-2,4-7,10-13,16,20,22H,3,8-9,14-15,17H2. The molecule has 0 N–H and O–H groups in total. The smallest absolute Gasteiger partial charge is 0.344 e. The molecular weight excluding hydrogens is 374 g/mol. The second-order valence-corrected chi connectivity index (χ2v) is 8.05. The molecule has 0 amide bonds. The number of aromatic nitrogens is 2. The molecule has 0 saturated heterocycles. The molecule has 0 spiro atoms. The summed E-state index contributed by atoms with van der Waals surface area (Å²) in [4.78, 5) is 24.7. The van der Waals surface area contributed by atoms with E-state index in [0.29, 0.717) is 29.8 Å².